The number of carboxylic acids is 1. The topological polar surface area (TPSA) is 78.6 Å². The summed E-state index contributed by atoms with van der Waals surface area (Å²) in [5.74, 6) is -1.09. The number of aromatic nitrogens is 1. The molecule has 0 aliphatic heterocycles. The fourth-order valence-corrected chi connectivity index (χ4v) is 0.840. The Bertz CT molecular complexity index is 309. The zero-order valence-corrected chi connectivity index (χ0v) is 8.15. The zero-order chi connectivity index (χ0) is 10.6. The van der Waals surface area contributed by atoms with Crippen LogP contribution in [0.2, 0.25) is 0 Å². The number of oxazole rings is 1. The van der Waals surface area contributed by atoms with Gasteiger partial charge in [0.05, 0.1) is 0 Å². The Morgan fingerprint density at radius 1 is 1.71 bits per heavy atom. The summed E-state index contributed by atoms with van der Waals surface area (Å²) in [6.07, 6.45) is 1.11. The molecule has 1 aromatic rings. The van der Waals surface area contributed by atoms with Crippen LogP contribution < -0.4 is 5.32 Å². The van der Waals surface area contributed by atoms with Crippen molar-refractivity contribution < 1.29 is 14.3 Å². The van der Waals surface area contributed by atoms with E-state index in [1.807, 2.05) is 19.0 Å². The highest BCUT2D eigenvalue weighted by atomic mass is 16.4. The number of likely N-dealkylation sites (N-methyl/N-ethyl adjacent to an activating group) is 1. The number of carboxylic acid groups (broad SMARTS) is 1. The van der Waals surface area contributed by atoms with Crippen LogP contribution in [0.5, 0.6) is 0 Å². The van der Waals surface area contributed by atoms with Crippen LogP contribution in [0.15, 0.2) is 10.7 Å². The number of aromatic carboxylic acids is 1. The maximum atomic E-state index is 10.4. The van der Waals surface area contributed by atoms with E-state index in [1.165, 1.54) is 0 Å². The average molecular weight is 199 g/mol. The van der Waals surface area contributed by atoms with E-state index >= 15 is 0 Å². The highest BCUT2D eigenvalue weighted by molar-refractivity contribution is 5.85. The Labute approximate surface area is 81.5 Å². The van der Waals surface area contributed by atoms with Crippen molar-refractivity contribution in [2.24, 2.45) is 0 Å². The van der Waals surface area contributed by atoms with E-state index in [2.05, 4.69) is 10.3 Å². The fraction of sp³-hybridized carbons (Fsp3) is 0.500. The molecule has 0 aliphatic carbocycles. The lowest BCUT2D eigenvalue weighted by Crippen LogP contribution is -2.20. The van der Waals surface area contributed by atoms with Crippen LogP contribution in [-0.4, -0.2) is 48.1 Å². The van der Waals surface area contributed by atoms with Crippen LogP contribution in [0.4, 0.5) is 6.01 Å². The predicted octanol–water partition coefficient (Wildman–Crippen LogP) is 0.346. The van der Waals surface area contributed by atoms with Gasteiger partial charge >= 0.3 is 5.97 Å². The lowest BCUT2D eigenvalue weighted by molar-refractivity contribution is 0.0690. The van der Waals surface area contributed by atoms with Crippen LogP contribution in [0.3, 0.4) is 0 Å². The second-order valence-corrected chi connectivity index (χ2v) is 3.07. The molecule has 0 aliphatic rings. The van der Waals surface area contributed by atoms with E-state index < -0.39 is 5.97 Å². The standard InChI is InChI=1S/C8H13N3O3/c1-11(2)4-3-9-8-10-6(5-14-8)7(12)13/h5H,3-4H2,1-2H3,(H,9,10)(H,12,13). The molecule has 0 amide bonds. The van der Waals surface area contributed by atoms with Crippen molar-refractivity contribution in [3.8, 4) is 0 Å². The molecule has 2 N–H and O–H groups in total. The first-order valence-corrected chi connectivity index (χ1v) is 4.17. The molecular formula is C8H13N3O3. The van der Waals surface area contributed by atoms with Gasteiger partial charge in [-0.3, -0.25) is 0 Å². The van der Waals surface area contributed by atoms with E-state index in [4.69, 9.17) is 9.52 Å². The van der Waals surface area contributed by atoms with Gasteiger partial charge in [-0.05, 0) is 14.1 Å². The Kier molecular flexibility index (Phi) is 3.47. The van der Waals surface area contributed by atoms with Gasteiger partial charge in [0.1, 0.15) is 6.26 Å². The number of nitrogens with one attached hydrogen (secondary N) is 1. The van der Waals surface area contributed by atoms with Gasteiger partial charge in [-0.1, -0.05) is 0 Å². The maximum absolute atomic E-state index is 10.4. The van der Waals surface area contributed by atoms with Crippen molar-refractivity contribution >= 4 is 12.0 Å². The number of nitrogens with zero attached hydrogens (tertiary/aromatic N) is 2. The fourth-order valence-electron chi connectivity index (χ4n) is 0.840. The third-order valence-corrected chi connectivity index (χ3v) is 1.56. The van der Waals surface area contributed by atoms with Crippen molar-refractivity contribution in [2.75, 3.05) is 32.5 Å². The first-order valence-electron chi connectivity index (χ1n) is 4.17. The second-order valence-electron chi connectivity index (χ2n) is 3.07. The third kappa shape index (κ3) is 3.06. The molecule has 0 aromatic carbocycles. The van der Waals surface area contributed by atoms with Crippen molar-refractivity contribution in [3.05, 3.63) is 12.0 Å². The van der Waals surface area contributed by atoms with E-state index in [0.717, 1.165) is 12.8 Å². The van der Waals surface area contributed by atoms with Gasteiger partial charge in [-0.15, -0.1) is 0 Å². The number of carbonyl (C=O) groups is 1. The molecule has 1 rings (SSSR count). The maximum Gasteiger partial charge on any atom is 0.357 e. The Balaban J connectivity index is 2.40. The molecule has 14 heavy (non-hydrogen) atoms. The predicted molar refractivity (Wildman–Crippen MR) is 50.5 cm³/mol. The van der Waals surface area contributed by atoms with Crippen LogP contribution in [0.1, 0.15) is 10.5 Å². The lowest BCUT2D eigenvalue weighted by atomic mass is 10.5. The summed E-state index contributed by atoms with van der Waals surface area (Å²) in [6, 6.07) is 0.240. The minimum atomic E-state index is -1.09. The normalized spacial score (nSPS) is 10.5. The molecule has 78 valence electrons. The molecule has 0 radical (unpaired) electrons. The number of anilines is 1. The molecular weight excluding hydrogens is 186 g/mol. The number of hydrogen-bond donors (Lipinski definition) is 2. The molecule has 1 heterocycles. The van der Waals surface area contributed by atoms with E-state index in [0.29, 0.717) is 6.54 Å². The molecule has 0 bridgehead atoms. The Morgan fingerprint density at radius 3 is 2.93 bits per heavy atom. The van der Waals surface area contributed by atoms with Crippen LogP contribution in [-0.2, 0) is 0 Å². The molecule has 1 aromatic heterocycles. The van der Waals surface area contributed by atoms with E-state index in [-0.39, 0.29) is 11.7 Å². The molecule has 0 spiro atoms. The highest BCUT2D eigenvalue weighted by Gasteiger charge is 2.09. The van der Waals surface area contributed by atoms with Crippen LogP contribution in [0.25, 0.3) is 0 Å². The molecule has 0 atom stereocenters. The minimum absolute atomic E-state index is 0.0858. The first-order chi connectivity index (χ1) is 6.59. The molecule has 0 saturated carbocycles. The second kappa shape index (κ2) is 4.61. The van der Waals surface area contributed by atoms with Crippen LogP contribution in [0, 0.1) is 0 Å². The van der Waals surface area contributed by atoms with Gasteiger partial charge in [0, 0.05) is 13.1 Å². The summed E-state index contributed by atoms with van der Waals surface area (Å²) < 4.78 is 4.89. The van der Waals surface area contributed by atoms with Crippen molar-refractivity contribution in [3.63, 3.8) is 0 Å². The Morgan fingerprint density at radius 2 is 2.43 bits per heavy atom. The molecule has 6 nitrogen and oxygen atoms in total. The Hall–Kier alpha value is -1.56. The van der Waals surface area contributed by atoms with Gasteiger partial charge < -0.3 is 19.7 Å². The van der Waals surface area contributed by atoms with E-state index in [1.54, 1.807) is 0 Å². The summed E-state index contributed by atoms with van der Waals surface area (Å²) in [5, 5.41) is 11.4. The zero-order valence-electron chi connectivity index (χ0n) is 8.15. The molecule has 0 unspecified atom stereocenters. The largest absolute Gasteiger partial charge is 0.476 e. The van der Waals surface area contributed by atoms with Gasteiger partial charge in [-0.2, -0.15) is 4.98 Å². The number of rotatable bonds is 5. The van der Waals surface area contributed by atoms with Gasteiger partial charge in [-0.25, -0.2) is 4.79 Å². The summed E-state index contributed by atoms with van der Waals surface area (Å²) in [7, 11) is 3.89. The number of hydrogen-bond acceptors (Lipinski definition) is 5. The molecule has 6 heteroatoms. The summed E-state index contributed by atoms with van der Waals surface area (Å²) in [6.45, 7) is 1.48. The SMILES string of the molecule is CN(C)CCNc1nc(C(=O)O)co1. The average Bonchev–Trinajstić information content (AvgIpc) is 2.52. The van der Waals surface area contributed by atoms with Gasteiger partial charge in [0.25, 0.3) is 6.01 Å². The highest BCUT2D eigenvalue weighted by Crippen LogP contribution is 2.06. The van der Waals surface area contributed by atoms with Crippen molar-refractivity contribution in [1.82, 2.24) is 9.88 Å². The van der Waals surface area contributed by atoms with Crippen molar-refractivity contribution in [2.45, 2.75) is 0 Å². The summed E-state index contributed by atoms with van der Waals surface area (Å²) >= 11 is 0. The third-order valence-electron chi connectivity index (χ3n) is 1.56. The first kappa shape index (κ1) is 10.5. The monoisotopic (exact) mass is 199 g/mol. The van der Waals surface area contributed by atoms with Crippen LogP contribution >= 0.6 is 0 Å². The van der Waals surface area contributed by atoms with Gasteiger partial charge in [0.2, 0.25) is 0 Å². The van der Waals surface area contributed by atoms with E-state index in [9.17, 15) is 4.79 Å². The summed E-state index contributed by atoms with van der Waals surface area (Å²) in [4.78, 5) is 16.1. The van der Waals surface area contributed by atoms with Gasteiger partial charge in [0.15, 0.2) is 5.69 Å². The molecule has 0 saturated heterocycles. The minimum Gasteiger partial charge on any atom is -0.476 e. The quantitative estimate of drug-likeness (QED) is 0.712. The smallest absolute Gasteiger partial charge is 0.357 e. The summed E-state index contributed by atoms with van der Waals surface area (Å²) in [5.41, 5.74) is -0.0858. The molecule has 0 fully saturated rings. The van der Waals surface area contributed by atoms with Crippen molar-refractivity contribution in [1.29, 1.82) is 0 Å². The lowest BCUT2D eigenvalue weighted by Gasteiger charge is -2.08.